The summed E-state index contributed by atoms with van der Waals surface area (Å²) < 4.78 is 4.87. The first-order chi connectivity index (χ1) is 11.1. The van der Waals surface area contributed by atoms with Crippen LogP contribution < -0.4 is 0 Å². The number of carbonyl (C=O) groups is 1. The monoisotopic (exact) mass is 343 g/mol. The maximum atomic E-state index is 12.0. The summed E-state index contributed by atoms with van der Waals surface area (Å²) in [6, 6.07) is 15.0. The van der Waals surface area contributed by atoms with Gasteiger partial charge in [-0.15, -0.1) is 11.3 Å². The van der Waals surface area contributed by atoms with Gasteiger partial charge in [-0.1, -0.05) is 41.9 Å². The molecule has 1 aromatic heterocycles. The van der Waals surface area contributed by atoms with Gasteiger partial charge >= 0.3 is 5.97 Å². The topological polar surface area (TPSA) is 39.2 Å². The Morgan fingerprint density at radius 1 is 1.13 bits per heavy atom. The number of ether oxygens (including phenoxy) is 1. The maximum absolute atomic E-state index is 12.0. The lowest BCUT2D eigenvalue weighted by Gasteiger charge is -2.06. The summed E-state index contributed by atoms with van der Waals surface area (Å²) in [5.41, 5.74) is 3.28. The second-order valence-corrected chi connectivity index (χ2v) is 6.41. The van der Waals surface area contributed by atoms with E-state index in [1.54, 1.807) is 17.4 Å². The van der Waals surface area contributed by atoms with Crippen molar-refractivity contribution in [2.24, 2.45) is 0 Å². The normalized spacial score (nSPS) is 10.6. The molecule has 0 saturated carbocycles. The molecule has 0 spiro atoms. The third-order valence-corrected chi connectivity index (χ3v) is 4.96. The number of esters is 1. The SMILES string of the molecule is COC(=O)c1ccccc1-c1sc(-c2ccc(Cl)cc2)nc1C. The van der Waals surface area contributed by atoms with Crippen molar-refractivity contribution in [2.75, 3.05) is 7.11 Å². The van der Waals surface area contributed by atoms with Gasteiger partial charge in [-0.05, 0) is 25.1 Å². The number of aryl methyl sites for hydroxylation is 1. The van der Waals surface area contributed by atoms with Crippen LogP contribution >= 0.6 is 22.9 Å². The number of benzene rings is 2. The van der Waals surface area contributed by atoms with Gasteiger partial charge in [0.25, 0.3) is 0 Å². The molecule has 0 N–H and O–H groups in total. The maximum Gasteiger partial charge on any atom is 0.338 e. The van der Waals surface area contributed by atoms with Crippen LogP contribution in [0.2, 0.25) is 5.02 Å². The van der Waals surface area contributed by atoms with Gasteiger partial charge in [0.15, 0.2) is 0 Å². The number of hydrogen-bond donors (Lipinski definition) is 0. The van der Waals surface area contributed by atoms with Gasteiger partial charge in [-0.3, -0.25) is 0 Å². The van der Waals surface area contributed by atoms with Crippen molar-refractivity contribution in [3.63, 3.8) is 0 Å². The highest BCUT2D eigenvalue weighted by molar-refractivity contribution is 7.18. The Hall–Kier alpha value is -2.17. The van der Waals surface area contributed by atoms with Crippen molar-refractivity contribution < 1.29 is 9.53 Å². The molecular weight excluding hydrogens is 330 g/mol. The fourth-order valence-electron chi connectivity index (χ4n) is 2.33. The van der Waals surface area contributed by atoms with E-state index in [-0.39, 0.29) is 5.97 Å². The van der Waals surface area contributed by atoms with Gasteiger partial charge in [-0.25, -0.2) is 9.78 Å². The summed E-state index contributed by atoms with van der Waals surface area (Å²) in [5, 5.41) is 1.59. The van der Waals surface area contributed by atoms with Crippen molar-refractivity contribution in [2.45, 2.75) is 6.92 Å². The number of halogens is 1. The Kier molecular flexibility index (Phi) is 4.46. The predicted molar refractivity (Wildman–Crippen MR) is 94.1 cm³/mol. The minimum absolute atomic E-state index is 0.346. The van der Waals surface area contributed by atoms with Crippen molar-refractivity contribution in [3.8, 4) is 21.0 Å². The van der Waals surface area contributed by atoms with E-state index < -0.39 is 0 Å². The molecule has 5 heteroatoms. The molecular formula is C18H14ClNO2S. The van der Waals surface area contributed by atoms with Gasteiger partial charge in [-0.2, -0.15) is 0 Å². The van der Waals surface area contributed by atoms with Crippen molar-refractivity contribution >= 4 is 28.9 Å². The molecule has 0 aliphatic carbocycles. The van der Waals surface area contributed by atoms with E-state index in [0.717, 1.165) is 26.7 Å². The molecule has 3 rings (SSSR count). The first-order valence-corrected chi connectivity index (χ1v) is 8.20. The number of carbonyl (C=O) groups excluding carboxylic acids is 1. The minimum atomic E-state index is -0.346. The second kappa shape index (κ2) is 6.52. The van der Waals surface area contributed by atoms with Gasteiger partial charge < -0.3 is 4.74 Å². The van der Waals surface area contributed by atoms with Crippen LogP contribution in [0.3, 0.4) is 0 Å². The average molecular weight is 344 g/mol. The second-order valence-electron chi connectivity index (χ2n) is 4.98. The van der Waals surface area contributed by atoms with Crippen LogP contribution in [0.15, 0.2) is 48.5 Å². The summed E-state index contributed by atoms with van der Waals surface area (Å²) in [6.07, 6.45) is 0. The molecule has 23 heavy (non-hydrogen) atoms. The Labute approximate surface area is 143 Å². The van der Waals surface area contributed by atoms with Crippen LogP contribution in [0.4, 0.5) is 0 Å². The summed E-state index contributed by atoms with van der Waals surface area (Å²) in [7, 11) is 1.39. The number of rotatable bonds is 3. The third kappa shape index (κ3) is 3.14. The van der Waals surface area contributed by atoms with Gasteiger partial charge in [0.05, 0.1) is 23.2 Å². The molecule has 1 heterocycles. The lowest BCUT2D eigenvalue weighted by atomic mass is 10.1. The predicted octanol–water partition coefficient (Wildman–Crippen LogP) is 5.23. The largest absolute Gasteiger partial charge is 0.465 e. The highest BCUT2D eigenvalue weighted by atomic mass is 35.5. The van der Waals surface area contributed by atoms with Crippen LogP contribution in [0.25, 0.3) is 21.0 Å². The minimum Gasteiger partial charge on any atom is -0.465 e. The zero-order chi connectivity index (χ0) is 16.4. The number of thiazole rings is 1. The molecule has 0 fully saturated rings. The Balaban J connectivity index is 2.09. The van der Waals surface area contributed by atoms with Crippen molar-refractivity contribution in [1.82, 2.24) is 4.98 Å². The third-order valence-electron chi connectivity index (χ3n) is 3.46. The Bertz CT molecular complexity index is 856. The quantitative estimate of drug-likeness (QED) is 0.611. The molecule has 3 nitrogen and oxygen atoms in total. The number of nitrogens with zero attached hydrogens (tertiary/aromatic N) is 1. The van der Waals surface area contributed by atoms with E-state index in [1.807, 2.05) is 49.4 Å². The summed E-state index contributed by atoms with van der Waals surface area (Å²) >= 11 is 7.49. The van der Waals surface area contributed by atoms with Gasteiger partial charge in [0.2, 0.25) is 0 Å². The molecule has 116 valence electrons. The molecule has 0 bridgehead atoms. The zero-order valence-electron chi connectivity index (χ0n) is 12.7. The number of aromatic nitrogens is 1. The van der Waals surface area contributed by atoms with Gasteiger partial charge in [0, 0.05) is 16.1 Å². The summed E-state index contributed by atoms with van der Waals surface area (Å²) in [4.78, 5) is 17.6. The molecule has 0 aliphatic rings. The molecule has 2 aromatic carbocycles. The zero-order valence-corrected chi connectivity index (χ0v) is 14.2. The fraction of sp³-hybridized carbons (Fsp3) is 0.111. The van der Waals surface area contributed by atoms with Crippen LogP contribution in [0, 0.1) is 6.92 Å². The van der Waals surface area contributed by atoms with E-state index in [4.69, 9.17) is 16.3 Å². The lowest BCUT2D eigenvalue weighted by molar-refractivity contribution is 0.0601. The van der Waals surface area contributed by atoms with Crippen LogP contribution in [-0.2, 0) is 4.74 Å². The van der Waals surface area contributed by atoms with E-state index in [1.165, 1.54) is 7.11 Å². The molecule has 0 aliphatic heterocycles. The van der Waals surface area contributed by atoms with E-state index in [2.05, 4.69) is 4.98 Å². The molecule has 0 unspecified atom stereocenters. The Morgan fingerprint density at radius 3 is 2.52 bits per heavy atom. The smallest absolute Gasteiger partial charge is 0.338 e. The van der Waals surface area contributed by atoms with E-state index in [0.29, 0.717) is 10.6 Å². The van der Waals surface area contributed by atoms with Crippen LogP contribution in [0.5, 0.6) is 0 Å². The van der Waals surface area contributed by atoms with E-state index in [9.17, 15) is 4.79 Å². The van der Waals surface area contributed by atoms with Gasteiger partial charge in [0.1, 0.15) is 5.01 Å². The molecule has 3 aromatic rings. The van der Waals surface area contributed by atoms with Crippen LogP contribution in [-0.4, -0.2) is 18.1 Å². The fourth-order valence-corrected chi connectivity index (χ4v) is 3.57. The first kappa shape index (κ1) is 15.7. The summed E-state index contributed by atoms with van der Waals surface area (Å²) in [5.74, 6) is -0.346. The average Bonchev–Trinajstić information content (AvgIpc) is 2.96. The molecule has 0 atom stereocenters. The van der Waals surface area contributed by atoms with E-state index >= 15 is 0 Å². The molecule has 0 amide bonds. The highest BCUT2D eigenvalue weighted by Crippen LogP contribution is 2.37. The first-order valence-electron chi connectivity index (χ1n) is 7.01. The van der Waals surface area contributed by atoms with Crippen molar-refractivity contribution in [3.05, 3.63) is 64.8 Å². The lowest BCUT2D eigenvalue weighted by Crippen LogP contribution is -2.03. The van der Waals surface area contributed by atoms with Crippen molar-refractivity contribution in [1.29, 1.82) is 0 Å². The standard InChI is InChI=1S/C18H14ClNO2S/c1-11-16(14-5-3-4-6-15(14)18(21)22-2)23-17(20-11)12-7-9-13(19)10-8-12/h3-10H,1-2H3. The van der Waals surface area contributed by atoms with Crippen LogP contribution in [0.1, 0.15) is 16.1 Å². The Morgan fingerprint density at radius 2 is 1.83 bits per heavy atom. The number of methoxy groups -OCH3 is 1. The summed E-state index contributed by atoms with van der Waals surface area (Å²) in [6.45, 7) is 1.94. The molecule has 0 saturated heterocycles. The molecule has 0 radical (unpaired) electrons. The number of hydrogen-bond acceptors (Lipinski definition) is 4. The highest BCUT2D eigenvalue weighted by Gasteiger charge is 2.18.